The molecule has 1 atom stereocenters. The van der Waals surface area contributed by atoms with Crippen LogP contribution in [0.15, 0.2) is 84.9 Å². The fourth-order valence-corrected chi connectivity index (χ4v) is 6.39. The van der Waals surface area contributed by atoms with Crippen molar-refractivity contribution in [1.82, 2.24) is 0 Å². The predicted molar refractivity (Wildman–Crippen MR) is 106 cm³/mol. The molecule has 0 fully saturated rings. The van der Waals surface area contributed by atoms with Crippen molar-refractivity contribution >= 4 is 29.4 Å². The van der Waals surface area contributed by atoms with Gasteiger partial charge in [0.2, 0.25) is 6.54 Å². The molecule has 0 saturated carbocycles. The highest BCUT2D eigenvalue weighted by Crippen LogP contribution is 2.57. The zero-order valence-corrected chi connectivity index (χ0v) is 15.5. The smallest absolute Gasteiger partial charge is 0.218 e. The van der Waals surface area contributed by atoms with Crippen molar-refractivity contribution in [1.29, 1.82) is 0 Å². The normalized spacial score (nSPS) is 12.5. The Labute approximate surface area is 157 Å². The fourth-order valence-electron chi connectivity index (χ4n) is 3.06. The zero-order chi connectivity index (χ0) is 18.6. The Bertz CT molecular complexity index is 887. The van der Waals surface area contributed by atoms with Crippen LogP contribution in [0, 0.1) is 10.1 Å². The van der Waals surface area contributed by atoms with Gasteiger partial charge < -0.3 is 4.57 Å². The number of halogens is 1. The van der Waals surface area contributed by atoms with Crippen LogP contribution < -0.4 is 10.6 Å². The molecule has 0 saturated heterocycles. The highest BCUT2D eigenvalue weighted by atomic mass is 35.5. The Balaban J connectivity index is 2.24. The summed E-state index contributed by atoms with van der Waals surface area (Å²) in [5.74, 6) is 0. The Kier molecular flexibility index (Phi) is 5.55. The maximum Gasteiger partial charge on any atom is 0.218 e. The summed E-state index contributed by atoms with van der Waals surface area (Å²) in [4.78, 5) is 11.0. The topological polar surface area (TPSA) is 60.2 Å². The van der Waals surface area contributed by atoms with Crippen LogP contribution in [0.1, 0.15) is 11.2 Å². The van der Waals surface area contributed by atoms with Gasteiger partial charge in [0.05, 0.1) is 0 Å². The molecule has 0 aromatic heterocycles. The lowest BCUT2D eigenvalue weighted by molar-refractivity contribution is -0.480. The van der Waals surface area contributed by atoms with Gasteiger partial charge in [-0.3, -0.25) is 10.1 Å². The van der Waals surface area contributed by atoms with E-state index in [4.69, 9.17) is 11.6 Å². The minimum Gasteiger partial charge on any atom is -0.313 e. The second-order valence-corrected chi connectivity index (χ2v) is 9.32. The van der Waals surface area contributed by atoms with Crippen LogP contribution in [0.3, 0.4) is 0 Å². The highest BCUT2D eigenvalue weighted by molar-refractivity contribution is 7.79. The first kappa shape index (κ1) is 18.4. The van der Waals surface area contributed by atoms with E-state index in [0.29, 0.717) is 21.2 Å². The Hall–Kier alpha value is -2.42. The summed E-state index contributed by atoms with van der Waals surface area (Å²) in [6.45, 7) is -0.428. The van der Waals surface area contributed by atoms with Gasteiger partial charge in [0.1, 0.15) is 5.66 Å². The molecule has 132 valence electrons. The minimum atomic E-state index is -3.31. The molecule has 6 heteroatoms. The molecular formula is C20H17ClNO3P. The third kappa shape index (κ3) is 3.72. The summed E-state index contributed by atoms with van der Waals surface area (Å²) in [5, 5.41) is 13.2. The van der Waals surface area contributed by atoms with E-state index in [1.54, 1.807) is 72.8 Å². The van der Waals surface area contributed by atoms with Crippen molar-refractivity contribution in [2.45, 2.75) is 5.66 Å². The molecule has 26 heavy (non-hydrogen) atoms. The molecule has 0 spiro atoms. The van der Waals surface area contributed by atoms with Gasteiger partial charge >= 0.3 is 0 Å². The van der Waals surface area contributed by atoms with E-state index in [2.05, 4.69) is 0 Å². The molecule has 0 heterocycles. The Morgan fingerprint density at radius 2 is 1.31 bits per heavy atom. The number of nitro groups is 1. The van der Waals surface area contributed by atoms with Crippen molar-refractivity contribution in [2.24, 2.45) is 0 Å². The summed E-state index contributed by atoms with van der Waals surface area (Å²) in [6, 6.07) is 24.8. The molecule has 0 amide bonds. The Morgan fingerprint density at radius 1 is 0.846 bits per heavy atom. The SMILES string of the molecule is O=[N+]([O-])CC(c1ccc(Cl)cc1)P(=O)(c1ccccc1)c1ccccc1. The molecule has 0 bridgehead atoms. The van der Waals surface area contributed by atoms with E-state index >= 15 is 0 Å². The standard InChI is InChI=1S/C20H17ClNO3P/c21-17-13-11-16(12-14-17)20(15-22(23)24)26(25,18-7-3-1-4-8-18)19-9-5-2-6-10-19/h1-14,20H,15H2. The lowest BCUT2D eigenvalue weighted by Crippen LogP contribution is -2.25. The van der Waals surface area contributed by atoms with Gasteiger partial charge in [-0.1, -0.05) is 84.4 Å². The van der Waals surface area contributed by atoms with Crippen LogP contribution in [-0.2, 0) is 4.57 Å². The molecule has 0 aliphatic heterocycles. The largest absolute Gasteiger partial charge is 0.313 e. The van der Waals surface area contributed by atoms with E-state index in [9.17, 15) is 14.7 Å². The average molecular weight is 386 g/mol. The number of hydrogen-bond donors (Lipinski definition) is 0. The van der Waals surface area contributed by atoms with Crippen molar-refractivity contribution in [3.05, 3.63) is 106 Å². The monoisotopic (exact) mass is 385 g/mol. The van der Waals surface area contributed by atoms with Crippen LogP contribution in [-0.4, -0.2) is 11.5 Å². The lowest BCUT2D eigenvalue weighted by atomic mass is 10.1. The first-order valence-electron chi connectivity index (χ1n) is 8.10. The van der Waals surface area contributed by atoms with Crippen LogP contribution in [0.2, 0.25) is 5.02 Å². The van der Waals surface area contributed by atoms with Gasteiger partial charge in [-0.15, -0.1) is 0 Å². The van der Waals surface area contributed by atoms with Crippen molar-refractivity contribution in [3.63, 3.8) is 0 Å². The van der Waals surface area contributed by atoms with Crippen LogP contribution in [0.25, 0.3) is 0 Å². The van der Waals surface area contributed by atoms with Gasteiger partial charge in [0.25, 0.3) is 0 Å². The van der Waals surface area contributed by atoms with Gasteiger partial charge in [0.15, 0.2) is 7.14 Å². The van der Waals surface area contributed by atoms with Crippen molar-refractivity contribution in [3.8, 4) is 0 Å². The minimum absolute atomic E-state index is 0.405. The van der Waals surface area contributed by atoms with Crippen molar-refractivity contribution < 1.29 is 9.49 Å². The average Bonchev–Trinajstić information content (AvgIpc) is 2.67. The van der Waals surface area contributed by atoms with E-state index in [1.807, 2.05) is 12.1 Å². The number of nitrogens with zero attached hydrogens (tertiary/aromatic N) is 1. The molecule has 3 aromatic rings. The number of rotatable bonds is 6. The summed E-state index contributed by atoms with van der Waals surface area (Å²) in [7, 11) is -3.31. The molecule has 4 nitrogen and oxygen atoms in total. The van der Waals surface area contributed by atoms with Gasteiger partial charge in [0, 0.05) is 20.6 Å². The van der Waals surface area contributed by atoms with Crippen LogP contribution in [0.4, 0.5) is 0 Å². The zero-order valence-electron chi connectivity index (χ0n) is 13.9. The second kappa shape index (κ2) is 7.86. The summed E-state index contributed by atoms with van der Waals surface area (Å²) in [6.07, 6.45) is 0. The first-order valence-corrected chi connectivity index (χ1v) is 10.3. The van der Waals surface area contributed by atoms with E-state index in [1.165, 1.54) is 0 Å². The first-order chi connectivity index (χ1) is 12.5. The van der Waals surface area contributed by atoms with Crippen molar-refractivity contribution in [2.75, 3.05) is 6.54 Å². The summed E-state index contributed by atoms with van der Waals surface area (Å²) >= 11 is 5.97. The number of benzene rings is 3. The highest BCUT2D eigenvalue weighted by Gasteiger charge is 2.40. The summed E-state index contributed by atoms with van der Waals surface area (Å²) < 4.78 is 14.4. The lowest BCUT2D eigenvalue weighted by Gasteiger charge is -2.26. The van der Waals surface area contributed by atoms with E-state index in [-0.39, 0.29) is 0 Å². The van der Waals surface area contributed by atoms with Gasteiger partial charge in [-0.2, -0.15) is 0 Å². The van der Waals surface area contributed by atoms with Gasteiger partial charge in [-0.25, -0.2) is 0 Å². The molecule has 0 radical (unpaired) electrons. The molecule has 0 aliphatic carbocycles. The predicted octanol–water partition coefficient (Wildman–Crippen LogP) is 4.67. The van der Waals surface area contributed by atoms with Gasteiger partial charge in [-0.05, 0) is 17.7 Å². The maximum absolute atomic E-state index is 14.4. The van der Waals surface area contributed by atoms with E-state index in [0.717, 1.165) is 0 Å². The molecule has 0 aliphatic rings. The molecule has 3 aromatic carbocycles. The molecule has 0 N–H and O–H groups in total. The third-order valence-corrected chi connectivity index (χ3v) is 8.02. The molecule has 1 unspecified atom stereocenters. The van der Waals surface area contributed by atoms with Crippen LogP contribution >= 0.6 is 18.7 Å². The molecule has 3 rings (SSSR count). The van der Waals surface area contributed by atoms with Crippen LogP contribution in [0.5, 0.6) is 0 Å². The fraction of sp³-hybridized carbons (Fsp3) is 0.100. The van der Waals surface area contributed by atoms with E-state index < -0.39 is 24.3 Å². The maximum atomic E-state index is 14.4. The second-order valence-electron chi connectivity index (χ2n) is 5.91. The quantitative estimate of drug-likeness (QED) is 0.352. The summed E-state index contributed by atoms with van der Waals surface area (Å²) in [5.41, 5.74) is -0.137. The third-order valence-electron chi connectivity index (χ3n) is 4.30. The molecular weight excluding hydrogens is 369 g/mol. The number of hydrogen-bond acceptors (Lipinski definition) is 3. The Morgan fingerprint density at radius 3 is 1.73 bits per heavy atom.